The van der Waals surface area contributed by atoms with Crippen LogP contribution in [0.4, 0.5) is 11.4 Å². The third-order valence-electron chi connectivity index (χ3n) is 7.29. The number of fused-ring (bicyclic) bond motifs is 1. The van der Waals surface area contributed by atoms with Crippen LogP contribution in [-0.2, 0) is 14.4 Å². The molecule has 3 amide bonds. The van der Waals surface area contributed by atoms with Gasteiger partial charge in [0.2, 0.25) is 17.7 Å². The standard InChI is InChI=1S/C25H26ClN3O4S/c1-14-13-18-19(22(31)27-16-5-3-2-4-6-16)20-24(33)29(11-12-30)21(25(14,20)34-18)23(32)28-17-9-7-15(26)8-10-17/h2-10,14,18-21,30H,11-13H2,1H3,(H,27,31)(H,28,32)/t14?,18-,19+,20-,21?,25?/m0/s1. The average molecular weight is 500 g/mol. The first-order chi connectivity index (χ1) is 16.4. The van der Waals surface area contributed by atoms with Gasteiger partial charge in [0, 0.05) is 28.2 Å². The zero-order valence-electron chi connectivity index (χ0n) is 18.6. The summed E-state index contributed by atoms with van der Waals surface area (Å²) in [6, 6.07) is 15.2. The summed E-state index contributed by atoms with van der Waals surface area (Å²) in [6.45, 7) is 1.84. The first kappa shape index (κ1) is 23.2. The van der Waals surface area contributed by atoms with Gasteiger partial charge in [0.1, 0.15) is 6.04 Å². The second-order valence-electron chi connectivity index (χ2n) is 9.16. The minimum absolute atomic E-state index is 0.0424. The quantitative estimate of drug-likeness (QED) is 0.566. The van der Waals surface area contributed by atoms with Gasteiger partial charge in [0.25, 0.3) is 0 Å². The maximum absolute atomic E-state index is 13.7. The third kappa shape index (κ3) is 3.59. The number of para-hydroxylation sites is 1. The van der Waals surface area contributed by atoms with Crippen LogP contribution < -0.4 is 10.6 Å². The first-order valence-electron chi connectivity index (χ1n) is 11.4. The van der Waals surface area contributed by atoms with Gasteiger partial charge in [0.05, 0.1) is 23.2 Å². The van der Waals surface area contributed by atoms with Crippen molar-refractivity contribution in [1.82, 2.24) is 4.90 Å². The molecule has 3 aliphatic rings. The Bertz CT molecular complexity index is 1110. The summed E-state index contributed by atoms with van der Waals surface area (Å²) in [4.78, 5) is 42.2. The zero-order valence-corrected chi connectivity index (χ0v) is 20.2. The first-order valence-corrected chi connectivity index (χ1v) is 12.6. The predicted octanol–water partition coefficient (Wildman–Crippen LogP) is 3.25. The molecule has 0 saturated carbocycles. The Morgan fingerprint density at radius 2 is 1.74 bits per heavy atom. The molecule has 0 aromatic heterocycles. The highest BCUT2D eigenvalue weighted by Crippen LogP contribution is 2.68. The van der Waals surface area contributed by atoms with Crippen molar-refractivity contribution < 1.29 is 19.5 Å². The average Bonchev–Trinajstić information content (AvgIpc) is 3.40. The van der Waals surface area contributed by atoms with E-state index in [9.17, 15) is 19.5 Å². The molecule has 0 aliphatic carbocycles. The molecular formula is C25H26ClN3O4S. The predicted molar refractivity (Wildman–Crippen MR) is 133 cm³/mol. The van der Waals surface area contributed by atoms with E-state index < -0.39 is 22.6 Å². The minimum atomic E-state index is -0.785. The number of nitrogens with zero attached hydrogens (tertiary/aromatic N) is 1. The number of aliphatic hydroxyl groups is 1. The molecule has 5 rings (SSSR count). The van der Waals surface area contributed by atoms with E-state index in [2.05, 4.69) is 17.6 Å². The number of β-amino-alcohol motifs (C(OH)–C–C–N with tert-alkyl or cyclic N) is 1. The minimum Gasteiger partial charge on any atom is -0.395 e. The molecule has 3 heterocycles. The number of hydrogen-bond acceptors (Lipinski definition) is 5. The molecule has 0 radical (unpaired) electrons. The SMILES string of the molecule is CC1C[C@@H]2SC13C(C(=O)Nc1ccc(Cl)cc1)N(CCO)C(=O)[C@@H]3[C@@H]2C(=O)Nc1ccccc1. The summed E-state index contributed by atoms with van der Waals surface area (Å²) in [5.74, 6) is -1.85. The molecule has 2 aromatic rings. The van der Waals surface area contributed by atoms with E-state index in [1.165, 1.54) is 4.90 Å². The van der Waals surface area contributed by atoms with E-state index in [0.717, 1.165) is 6.42 Å². The van der Waals surface area contributed by atoms with Gasteiger partial charge in [0.15, 0.2) is 0 Å². The van der Waals surface area contributed by atoms with Crippen molar-refractivity contribution in [1.29, 1.82) is 0 Å². The van der Waals surface area contributed by atoms with Crippen LogP contribution in [0.3, 0.4) is 0 Å². The lowest BCUT2D eigenvalue weighted by Crippen LogP contribution is -2.55. The summed E-state index contributed by atoms with van der Waals surface area (Å²) in [5.41, 5.74) is 1.26. The normalized spacial score (nSPS) is 31.4. The van der Waals surface area contributed by atoms with Crippen molar-refractivity contribution in [2.45, 2.75) is 29.4 Å². The molecule has 34 heavy (non-hydrogen) atoms. The fourth-order valence-corrected chi connectivity index (χ4v) is 8.51. The maximum atomic E-state index is 13.7. The van der Waals surface area contributed by atoms with Gasteiger partial charge >= 0.3 is 0 Å². The van der Waals surface area contributed by atoms with Crippen LogP contribution in [0.1, 0.15) is 13.3 Å². The number of carbonyl (C=O) groups excluding carboxylic acids is 3. The van der Waals surface area contributed by atoms with Crippen molar-refractivity contribution in [2.75, 3.05) is 23.8 Å². The monoisotopic (exact) mass is 499 g/mol. The van der Waals surface area contributed by atoms with Gasteiger partial charge in [-0.2, -0.15) is 0 Å². The van der Waals surface area contributed by atoms with Crippen molar-refractivity contribution in [3.63, 3.8) is 0 Å². The number of aliphatic hydroxyl groups excluding tert-OH is 1. The van der Waals surface area contributed by atoms with Crippen LogP contribution in [0.5, 0.6) is 0 Å². The third-order valence-corrected chi connectivity index (χ3v) is 9.62. The smallest absolute Gasteiger partial charge is 0.248 e. The number of anilines is 2. The second kappa shape index (κ2) is 8.91. The fourth-order valence-electron chi connectivity index (χ4n) is 5.96. The van der Waals surface area contributed by atoms with E-state index in [4.69, 9.17) is 11.6 Å². The number of hydrogen-bond donors (Lipinski definition) is 3. The van der Waals surface area contributed by atoms with Gasteiger partial charge in [-0.15, -0.1) is 11.8 Å². The highest BCUT2D eigenvalue weighted by molar-refractivity contribution is 8.02. The molecule has 1 spiro atoms. The molecule has 9 heteroatoms. The van der Waals surface area contributed by atoms with Crippen molar-refractivity contribution >= 4 is 52.5 Å². The van der Waals surface area contributed by atoms with Crippen LogP contribution in [0.2, 0.25) is 5.02 Å². The Hall–Kier alpha value is -2.55. The fraction of sp³-hybridized carbons (Fsp3) is 0.400. The summed E-state index contributed by atoms with van der Waals surface area (Å²) < 4.78 is -0.730. The van der Waals surface area contributed by atoms with E-state index >= 15 is 0 Å². The molecule has 2 aromatic carbocycles. The molecular weight excluding hydrogens is 474 g/mol. The number of nitrogens with one attached hydrogen (secondary N) is 2. The van der Waals surface area contributed by atoms with Crippen molar-refractivity contribution in [2.24, 2.45) is 17.8 Å². The maximum Gasteiger partial charge on any atom is 0.248 e. The Morgan fingerprint density at radius 1 is 1.09 bits per heavy atom. The number of carbonyl (C=O) groups is 3. The van der Waals surface area contributed by atoms with Gasteiger partial charge in [-0.3, -0.25) is 14.4 Å². The molecule has 3 fully saturated rings. The van der Waals surface area contributed by atoms with Gasteiger partial charge in [-0.05, 0) is 48.7 Å². The molecule has 3 saturated heterocycles. The lowest BCUT2D eigenvalue weighted by atomic mass is 9.66. The summed E-state index contributed by atoms with van der Waals surface area (Å²) in [5, 5.41) is 16.1. The van der Waals surface area contributed by atoms with Crippen LogP contribution in [-0.4, -0.2) is 56.9 Å². The molecule has 3 N–H and O–H groups in total. The Balaban J connectivity index is 1.48. The topological polar surface area (TPSA) is 98.7 Å². The number of amides is 3. The molecule has 6 atom stereocenters. The Kier molecular flexibility index (Phi) is 6.08. The second-order valence-corrected chi connectivity index (χ2v) is 11.1. The Morgan fingerprint density at radius 3 is 2.41 bits per heavy atom. The molecule has 3 aliphatic heterocycles. The number of benzene rings is 2. The van der Waals surface area contributed by atoms with Crippen LogP contribution in [0.25, 0.3) is 0 Å². The number of rotatable bonds is 6. The van der Waals surface area contributed by atoms with Gasteiger partial charge < -0.3 is 20.6 Å². The summed E-state index contributed by atoms with van der Waals surface area (Å²) >= 11 is 7.57. The van der Waals surface area contributed by atoms with Gasteiger partial charge in [-0.25, -0.2) is 0 Å². The lowest BCUT2D eigenvalue weighted by molar-refractivity contribution is -0.138. The number of likely N-dealkylation sites (tertiary alicyclic amines) is 1. The Labute approximate surface area is 207 Å². The molecule has 178 valence electrons. The van der Waals surface area contributed by atoms with E-state index in [-0.39, 0.29) is 42.0 Å². The van der Waals surface area contributed by atoms with E-state index in [0.29, 0.717) is 16.4 Å². The number of halogens is 1. The highest BCUT2D eigenvalue weighted by atomic mass is 35.5. The highest BCUT2D eigenvalue weighted by Gasteiger charge is 2.75. The van der Waals surface area contributed by atoms with Crippen LogP contribution >= 0.6 is 23.4 Å². The largest absolute Gasteiger partial charge is 0.395 e. The van der Waals surface area contributed by atoms with Crippen LogP contribution in [0, 0.1) is 17.8 Å². The van der Waals surface area contributed by atoms with E-state index in [1.807, 2.05) is 30.3 Å². The van der Waals surface area contributed by atoms with Crippen LogP contribution in [0.15, 0.2) is 54.6 Å². The molecule has 2 bridgehead atoms. The van der Waals surface area contributed by atoms with Gasteiger partial charge in [-0.1, -0.05) is 36.7 Å². The van der Waals surface area contributed by atoms with Crippen molar-refractivity contribution in [3.8, 4) is 0 Å². The summed E-state index contributed by atoms with van der Waals surface area (Å²) in [6.07, 6.45) is 0.749. The zero-order chi connectivity index (χ0) is 24.0. The van der Waals surface area contributed by atoms with Crippen molar-refractivity contribution in [3.05, 3.63) is 59.6 Å². The summed E-state index contributed by atoms with van der Waals surface area (Å²) in [7, 11) is 0. The number of thioether (sulfide) groups is 1. The molecule has 7 nitrogen and oxygen atoms in total. The lowest BCUT2D eigenvalue weighted by Gasteiger charge is -2.38. The van der Waals surface area contributed by atoms with E-state index in [1.54, 1.807) is 36.0 Å². The molecule has 3 unspecified atom stereocenters.